The highest BCUT2D eigenvalue weighted by Crippen LogP contribution is 2.28. The second kappa shape index (κ2) is 10.1. The van der Waals surface area contributed by atoms with Crippen molar-refractivity contribution in [3.8, 4) is 5.75 Å². The molecule has 10 heteroatoms. The first kappa shape index (κ1) is 22.3. The van der Waals surface area contributed by atoms with Gasteiger partial charge in [0.1, 0.15) is 5.75 Å². The van der Waals surface area contributed by atoms with Crippen molar-refractivity contribution in [2.24, 2.45) is 0 Å². The van der Waals surface area contributed by atoms with E-state index in [0.29, 0.717) is 17.5 Å². The fourth-order valence-electron chi connectivity index (χ4n) is 2.73. The van der Waals surface area contributed by atoms with Crippen molar-refractivity contribution in [1.82, 2.24) is 10.2 Å². The minimum absolute atomic E-state index is 0.0424. The third-order valence-electron chi connectivity index (χ3n) is 4.28. The van der Waals surface area contributed by atoms with Gasteiger partial charge in [-0.1, -0.05) is 37.7 Å². The smallest absolute Gasteiger partial charge is 0.277 e. The molecule has 9 nitrogen and oxygen atoms in total. The molecule has 0 fully saturated rings. The van der Waals surface area contributed by atoms with Crippen molar-refractivity contribution in [3.63, 3.8) is 0 Å². The van der Waals surface area contributed by atoms with Gasteiger partial charge in [0.25, 0.3) is 16.8 Å². The van der Waals surface area contributed by atoms with E-state index in [1.165, 1.54) is 24.3 Å². The summed E-state index contributed by atoms with van der Waals surface area (Å²) in [6, 6.07) is 11.7. The molecule has 3 aromatic rings. The number of aryl methyl sites for hydroxylation is 1. The van der Waals surface area contributed by atoms with Crippen LogP contribution in [0.4, 0.5) is 11.4 Å². The van der Waals surface area contributed by atoms with Crippen molar-refractivity contribution in [2.75, 3.05) is 11.1 Å². The molecule has 1 amide bonds. The largest absolute Gasteiger partial charge is 0.484 e. The number of benzene rings is 2. The van der Waals surface area contributed by atoms with E-state index in [4.69, 9.17) is 9.15 Å². The molecule has 0 aliphatic carbocycles. The van der Waals surface area contributed by atoms with E-state index in [1.807, 2.05) is 25.1 Å². The van der Waals surface area contributed by atoms with Gasteiger partial charge in [-0.25, -0.2) is 0 Å². The van der Waals surface area contributed by atoms with E-state index in [0.717, 1.165) is 28.6 Å². The van der Waals surface area contributed by atoms with Crippen molar-refractivity contribution < 1.29 is 18.9 Å². The van der Waals surface area contributed by atoms with Crippen LogP contribution in [0.1, 0.15) is 36.8 Å². The lowest BCUT2D eigenvalue weighted by Crippen LogP contribution is -2.13. The zero-order chi connectivity index (χ0) is 22.4. The fraction of sp³-hybridized carbons (Fsp3) is 0.286. The summed E-state index contributed by atoms with van der Waals surface area (Å²) in [7, 11) is 0. The number of thioether (sulfide) groups is 1. The van der Waals surface area contributed by atoms with Crippen molar-refractivity contribution in [1.29, 1.82) is 0 Å². The van der Waals surface area contributed by atoms with Gasteiger partial charge in [0.05, 0.1) is 10.7 Å². The number of nitro groups is 1. The van der Waals surface area contributed by atoms with Crippen LogP contribution in [0, 0.1) is 17.0 Å². The summed E-state index contributed by atoms with van der Waals surface area (Å²) in [5.74, 6) is 1.17. The Balaban J connectivity index is 1.50. The third kappa shape index (κ3) is 6.29. The van der Waals surface area contributed by atoms with Crippen LogP contribution >= 0.6 is 11.8 Å². The number of aromatic nitrogens is 2. The molecule has 0 aliphatic heterocycles. The van der Waals surface area contributed by atoms with Crippen LogP contribution in [-0.2, 0) is 11.4 Å². The second-order valence-corrected chi connectivity index (χ2v) is 8.01. The zero-order valence-electron chi connectivity index (χ0n) is 17.3. The van der Waals surface area contributed by atoms with Gasteiger partial charge < -0.3 is 14.5 Å². The molecular formula is C21H22N4O5S. The number of non-ortho nitro benzene ring substituents is 1. The van der Waals surface area contributed by atoms with E-state index < -0.39 is 4.92 Å². The number of anilines is 1. The van der Waals surface area contributed by atoms with Crippen LogP contribution in [0.15, 0.2) is 52.1 Å². The highest BCUT2D eigenvalue weighted by atomic mass is 32.2. The molecule has 0 saturated heterocycles. The summed E-state index contributed by atoms with van der Waals surface area (Å²) in [6.45, 7) is 6.33. The molecule has 0 spiro atoms. The van der Waals surface area contributed by atoms with Crippen LogP contribution in [0.2, 0.25) is 0 Å². The van der Waals surface area contributed by atoms with Gasteiger partial charge in [0, 0.05) is 17.8 Å². The third-order valence-corrected chi connectivity index (χ3v) is 5.10. The highest BCUT2D eigenvalue weighted by Gasteiger charge is 2.13. The van der Waals surface area contributed by atoms with Gasteiger partial charge in [-0.15, -0.1) is 10.2 Å². The molecule has 162 valence electrons. The first-order valence-electron chi connectivity index (χ1n) is 9.54. The fourth-order valence-corrected chi connectivity index (χ4v) is 3.31. The average molecular weight is 442 g/mol. The van der Waals surface area contributed by atoms with Crippen LogP contribution in [-0.4, -0.2) is 26.8 Å². The van der Waals surface area contributed by atoms with E-state index in [-0.39, 0.29) is 29.2 Å². The number of nitrogens with zero attached hydrogens (tertiary/aromatic N) is 3. The molecule has 0 bridgehead atoms. The Morgan fingerprint density at radius 1 is 1.23 bits per heavy atom. The minimum Gasteiger partial charge on any atom is -0.484 e. The Morgan fingerprint density at radius 2 is 1.97 bits per heavy atom. The number of hydrogen-bond acceptors (Lipinski definition) is 8. The summed E-state index contributed by atoms with van der Waals surface area (Å²) in [5, 5.41) is 21.5. The molecule has 1 N–H and O–H groups in total. The van der Waals surface area contributed by atoms with Gasteiger partial charge in [-0.05, 0) is 42.2 Å². The van der Waals surface area contributed by atoms with E-state index in [9.17, 15) is 14.9 Å². The highest BCUT2D eigenvalue weighted by molar-refractivity contribution is 7.99. The molecule has 31 heavy (non-hydrogen) atoms. The van der Waals surface area contributed by atoms with Gasteiger partial charge in [-0.2, -0.15) is 0 Å². The Morgan fingerprint density at radius 3 is 2.65 bits per heavy atom. The van der Waals surface area contributed by atoms with Crippen molar-refractivity contribution in [2.45, 2.75) is 38.5 Å². The zero-order valence-corrected chi connectivity index (χ0v) is 18.1. The van der Waals surface area contributed by atoms with E-state index in [1.54, 1.807) is 0 Å². The summed E-state index contributed by atoms with van der Waals surface area (Å²) >= 11 is 1.09. The monoisotopic (exact) mass is 442 g/mol. The molecule has 1 aromatic heterocycles. The van der Waals surface area contributed by atoms with Crippen molar-refractivity contribution in [3.05, 3.63) is 69.6 Å². The Kier molecular flexibility index (Phi) is 7.24. The molecule has 0 saturated carbocycles. The number of rotatable bonds is 9. The molecular weight excluding hydrogens is 420 g/mol. The summed E-state index contributed by atoms with van der Waals surface area (Å²) in [5.41, 5.74) is 2.62. The van der Waals surface area contributed by atoms with Gasteiger partial charge >= 0.3 is 0 Å². The predicted molar refractivity (Wildman–Crippen MR) is 116 cm³/mol. The number of hydrogen-bond donors (Lipinski definition) is 1. The molecule has 1 heterocycles. The van der Waals surface area contributed by atoms with Crippen LogP contribution in [0.5, 0.6) is 5.75 Å². The Hall–Kier alpha value is -3.40. The number of nitrogens with one attached hydrogen (secondary N) is 1. The molecule has 3 rings (SSSR count). The lowest BCUT2D eigenvalue weighted by molar-refractivity contribution is -0.384. The molecule has 2 aromatic carbocycles. The maximum Gasteiger partial charge on any atom is 0.277 e. The van der Waals surface area contributed by atoms with Gasteiger partial charge in [0.15, 0.2) is 6.61 Å². The first-order valence-corrected chi connectivity index (χ1v) is 10.5. The Labute approximate surface area is 183 Å². The standard InChI is InChI=1S/C21H22N4O5S/c1-13(2)17-9-4-14(3)10-18(17)29-11-20-23-24-21(30-20)31-12-19(26)22-15-5-7-16(8-6-15)25(27)28/h4-10,13H,11-12H2,1-3H3,(H,22,26). The lowest BCUT2D eigenvalue weighted by atomic mass is 10.0. The summed E-state index contributed by atoms with van der Waals surface area (Å²) < 4.78 is 11.4. The van der Waals surface area contributed by atoms with Gasteiger partial charge in [-0.3, -0.25) is 14.9 Å². The van der Waals surface area contributed by atoms with Crippen LogP contribution < -0.4 is 10.1 Å². The number of carbonyl (C=O) groups excluding carboxylic acids is 1. The quantitative estimate of drug-likeness (QED) is 0.287. The second-order valence-electron chi connectivity index (χ2n) is 7.09. The van der Waals surface area contributed by atoms with E-state index >= 15 is 0 Å². The van der Waals surface area contributed by atoms with E-state index in [2.05, 4.69) is 29.4 Å². The summed E-state index contributed by atoms with van der Waals surface area (Å²) in [4.78, 5) is 22.2. The molecule has 0 unspecified atom stereocenters. The first-order chi connectivity index (χ1) is 14.8. The Bertz CT molecular complexity index is 1070. The predicted octanol–water partition coefficient (Wildman–Crippen LogP) is 4.72. The molecule has 0 atom stereocenters. The SMILES string of the molecule is Cc1ccc(C(C)C)c(OCc2nnc(SCC(=O)Nc3ccc([N+](=O)[O-])cc3)o2)c1. The number of carbonyl (C=O) groups is 1. The number of nitro benzene ring substituents is 1. The molecule has 0 aliphatic rings. The molecule has 0 radical (unpaired) electrons. The number of ether oxygens (including phenoxy) is 1. The minimum atomic E-state index is -0.499. The maximum absolute atomic E-state index is 12.1. The summed E-state index contributed by atoms with van der Waals surface area (Å²) in [6.07, 6.45) is 0. The van der Waals surface area contributed by atoms with Crippen molar-refractivity contribution >= 4 is 29.0 Å². The topological polar surface area (TPSA) is 120 Å². The normalized spacial score (nSPS) is 10.8. The van der Waals surface area contributed by atoms with Crippen LogP contribution in [0.3, 0.4) is 0 Å². The maximum atomic E-state index is 12.1. The average Bonchev–Trinajstić information content (AvgIpc) is 3.19. The van der Waals surface area contributed by atoms with Gasteiger partial charge in [0.2, 0.25) is 5.91 Å². The van der Waals surface area contributed by atoms with Crippen LogP contribution in [0.25, 0.3) is 0 Å². The lowest BCUT2D eigenvalue weighted by Gasteiger charge is -2.13. The number of amides is 1.